The molecule has 0 fully saturated rings. The first-order valence-corrected chi connectivity index (χ1v) is 20.7. The van der Waals surface area contributed by atoms with Gasteiger partial charge in [-0.2, -0.15) is 0 Å². The second-order valence-electron chi connectivity index (χ2n) is 16.4. The molecule has 10 aromatic rings. The van der Waals surface area contributed by atoms with Crippen molar-refractivity contribution < 1.29 is 4.42 Å². The van der Waals surface area contributed by atoms with Gasteiger partial charge in [0.2, 0.25) is 0 Å². The number of anilines is 3. The van der Waals surface area contributed by atoms with Crippen LogP contribution in [0.2, 0.25) is 0 Å². The lowest BCUT2D eigenvalue weighted by atomic mass is 9.82. The first kappa shape index (κ1) is 34.3. The van der Waals surface area contributed by atoms with Gasteiger partial charge in [-0.25, -0.2) is 0 Å². The minimum atomic E-state index is -0.138. The van der Waals surface area contributed by atoms with E-state index < -0.39 is 0 Å². The molecule has 3 nitrogen and oxygen atoms in total. The van der Waals surface area contributed by atoms with Gasteiger partial charge >= 0.3 is 0 Å². The number of hydrogen-bond donors (Lipinski definition) is 0. The van der Waals surface area contributed by atoms with E-state index in [4.69, 9.17) is 4.42 Å². The average Bonchev–Trinajstić information content (AvgIpc) is 3.93. The molecule has 0 aliphatic heterocycles. The highest BCUT2D eigenvalue weighted by Crippen LogP contribution is 2.55. The quantitative estimate of drug-likeness (QED) is 0.157. The maximum absolute atomic E-state index is 6.71. The Kier molecular flexibility index (Phi) is 7.53. The fraction of sp³-hybridized carbons (Fsp3) is 0.0526. The van der Waals surface area contributed by atoms with Crippen LogP contribution in [0.3, 0.4) is 0 Å². The van der Waals surface area contributed by atoms with Gasteiger partial charge < -0.3 is 9.32 Å². The SMILES string of the molecule is CC1(C)c2ccccc2-c2c(N(c3ccc(-c4ccccc4)cc3)c3cccc4oc5ccc(-c6ccc7c(c6)c6c(n7-c7ccccc7)C=[C+]C=C6)cc5c34)cccc21. The Bertz CT molecular complexity index is 3380. The zero-order chi connectivity index (χ0) is 40.0. The van der Waals surface area contributed by atoms with E-state index in [0.717, 1.165) is 61.5 Å². The van der Waals surface area contributed by atoms with E-state index >= 15 is 0 Å². The van der Waals surface area contributed by atoms with E-state index in [-0.39, 0.29) is 5.41 Å². The smallest absolute Gasteiger partial charge is 0.166 e. The number of rotatable bonds is 6. The average molecular weight is 768 g/mol. The summed E-state index contributed by atoms with van der Waals surface area (Å²) in [6.45, 7) is 4.70. The Morgan fingerprint density at radius 2 is 1.22 bits per heavy atom. The number of allylic oxidation sites excluding steroid dienone is 2. The Morgan fingerprint density at radius 1 is 0.550 bits per heavy atom. The van der Waals surface area contributed by atoms with E-state index in [2.05, 4.69) is 224 Å². The fourth-order valence-corrected chi connectivity index (χ4v) is 9.88. The Morgan fingerprint density at radius 3 is 2.05 bits per heavy atom. The van der Waals surface area contributed by atoms with Crippen molar-refractivity contribution in [2.45, 2.75) is 19.3 Å². The van der Waals surface area contributed by atoms with E-state index in [1.54, 1.807) is 0 Å². The molecule has 0 N–H and O–H groups in total. The van der Waals surface area contributed by atoms with Gasteiger partial charge in [-0.05, 0) is 106 Å². The van der Waals surface area contributed by atoms with Gasteiger partial charge in [0.15, 0.2) is 5.69 Å². The lowest BCUT2D eigenvalue weighted by molar-refractivity contribution is 0.660. The molecule has 2 aromatic heterocycles. The predicted octanol–water partition coefficient (Wildman–Crippen LogP) is 15.5. The van der Waals surface area contributed by atoms with Crippen molar-refractivity contribution in [3.8, 4) is 39.1 Å². The summed E-state index contributed by atoms with van der Waals surface area (Å²) in [4.78, 5) is 2.46. The van der Waals surface area contributed by atoms with Gasteiger partial charge in [0.25, 0.3) is 0 Å². The van der Waals surface area contributed by atoms with Crippen LogP contribution in [0.4, 0.5) is 17.1 Å². The zero-order valence-electron chi connectivity index (χ0n) is 33.4. The molecule has 0 unspecified atom stereocenters. The number of nitrogens with zero attached hydrogens (tertiary/aromatic N) is 2. The highest BCUT2D eigenvalue weighted by molar-refractivity contribution is 6.15. The molecule has 60 heavy (non-hydrogen) atoms. The predicted molar refractivity (Wildman–Crippen MR) is 250 cm³/mol. The maximum Gasteiger partial charge on any atom is 0.166 e. The molecule has 2 heterocycles. The van der Waals surface area contributed by atoms with Crippen molar-refractivity contribution >= 4 is 62.1 Å². The van der Waals surface area contributed by atoms with Crippen LogP contribution < -0.4 is 4.90 Å². The standard InChI is InChI=1S/C57H39N2O/c1-57(2)47-21-11-9-20-44(47)55-48(57)22-13-24-51(55)59(42-31-27-38(28-32-42)37-15-5-3-6-16-37)52-25-14-26-54-56(52)46-36-40(30-34-53(46)60-54)39-29-33-50-45(35-39)43-19-10-12-23-49(43)58(50)41-17-7-4-8-18-41/h3-11,13-36H,1-2H3/q+1. The van der Waals surface area contributed by atoms with Crippen molar-refractivity contribution in [3.05, 3.63) is 217 Å². The minimum Gasteiger partial charge on any atom is -0.456 e. The minimum absolute atomic E-state index is 0.138. The van der Waals surface area contributed by atoms with E-state index in [9.17, 15) is 0 Å². The molecule has 0 bridgehead atoms. The van der Waals surface area contributed by atoms with Crippen molar-refractivity contribution in [3.63, 3.8) is 0 Å². The number of hydrogen-bond acceptors (Lipinski definition) is 2. The maximum atomic E-state index is 6.71. The molecular weight excluding hydrogens is 729 g/mol. The topological polar surface area (TPSA) is 21.3 Å². The molecule has 2 aliphatic carbocycles. The molecule has 0 spiro atoms. The summed E-state index contributed by atoms with van der Waals surface area (Å²) < 4.78 is 9.05. The normalized spacial score (nSPS) is 13.4. The van der Waals surface area contributed by atoms with Gasteiger partial charge in [0, 0.05) is 33.5 Å². The summed E-state index contributed by atoms with van der Waals surface area (Å²) >= 11 is 0. The van der Waals surface area contributed by atoms with Crippen LogP contribution in [0, 0.1) is 6.08 Å². The molecule has 8 aromatic carbocycles. The molecule has 0 saturated carbocycles. The van der Waals surface area contributed by atoms with Crippen molar-refractivity contribution in [1.29, 1.82) is 0 Å². The Hall–Kier alpha value is -7.71. The van der Waals surface area contributed by atoms with E-state index in [1.807, 2.05) is 6.08 Å². The highest BCUT2D eigenvalue weighted by Gasteiger charge is 2.38. The van der Waals surface area contributed by atoms with E-state index in [1.165, 1.54) is 49.8 Å². The molecule has 0 radical (unpaired) electrons. The summed E-state index contributed by atoms with van der Waals surface area (Å²) in [7, 11) is 0. The second kappa shape index (κ2) is 13.2. The Balaban J connectivity index is 1.07. The first-order valence-electron chi connectivity index (χ1n) is 20.7. The van der Waals surface area contributed by atoms with Crippen LogP contribution in [-0.4, -0.2) is 4.57 Å². The third-order valence-electron chi connectivity index (χ3n) is 12.7. The fourth-order valence-electron chi connectivity index (χ4n) is 9.88. The molecular formula is C57H39N2O+. The van der Waals surface area contributed by atoms with Gasteiger partial charge in [-0.3, -0.25) is 4.57 Å². The van der Waals surface area contributed by atoms with Crippen LogP contribution in [0.15, 0.2) is 192 Å². The number of para-hydroxylation sites is 1. The second-order valence-corrected chi connectivity index (χ2v) is 16.4. The highest BCUT2D eigenvalue weighted by atomic mass is 16.3. The van der Waals surface area contributed by atoms with Crippen molar-refractivity contribution in [2.75, 3.05) is 4.90 Å². The van der Waals surface area contributed by atoms with Crippen molar-refractivity contribution in [2.24, 2.45) is 0 Å². The molecule has 0 atom stereocenters. The van der Waals surface area contributed by atoms with Crippen LogP contribution >= 0.6 is 0 Å². The molecule has 0 saturated heterocycles. The molecule has 0 amide bonds. The lowest BCUT2D eigenvalue weighted by Crippen LogP contribution is -2.16. The molecule has 3 heteroatoms. The monoisotopic (exact) mass is 767 g/mol. The number of furan rings is 1. The summed E-state index contributed by atoms with van der Waals surface area (Å²) in [6.07, 6.45) is 9.61. The van der Waals surface area contributed by atoms with E-state index in [0.29, 0.717) is 0 Å². The largest absolute Gasteiger partial charge is 0.456 e. The Labute approximate surface area is 349 Å². The van der Waals surface area contributed by atoms with Gasteiger partial charge in [-0.15, -0.1) is 0 Å². The molecule has 282 valence electrons. The van der Waals surface area contributed by atoms with Crippen LogP contribution in [0.1, 0.15) is 36.2 Å². The molecule has 12 rings (SSSR count). The summed E-state index contributed by atoms with van der Waals surface area (Å²) in [5, 5.41) is 3.38. The number of aromatic nitrogens is 1. The van der Waals surface area contributed by atoms with Gasteiger partial charge in [0.1, 0.15) is 28.9 Å². The molecule has 2 aliphatic rings. The third kappa shape index (κ3) is 5.13. The third-order valence-corrected chi connectivity index (χ3v) is 12.7. The van der Waals surface area contributed by atoms with Gasteiger partial charge in [0.05, 0.1) is 34.0 Å². The summed E-state index contributed by atoms with van der Waals surface area (Å²) in [5.41, 5.74) is 19.5. The first-order chi connectivity index (χ1) is 29.5. The summed E-state index contributed by atoms with van der Waals surface area (Å²) in [6, 6.07) is 65.9. The van der Waals surface area contributed by atoms with Crippen LogP contribution in [-0.2, 0) is 5.41 Å². The number of fused-ring (bicyclic) bond motifs is 9. The number of benzene rings is 8. The van der Waals surface area contributed by atoms with Crippen LogP contribution in [0.25, 0.3) is 84.1 Å². The van der Waals surface area contributed by atoms with Crippen LogP contribution in [0.5, 0.6) is 0 Å². The zero-order valence-corrected chi connectivity index (χ0v) is 33.4. The van der Waals surface area contributed by atoms with Gasteiger partial charge in [-0.1, -0.05) is 129 Å². The summed E-state index contributed by atoms with van der Waals surface area (Å²) in [5.74, 6) is 0. The van der Waals surface area contributed by atoms with Crippen molar-refractivity contribution in [1.82, 2.24) is 4.57 Å². The lowest BCUT2D eigenvalue weighted by Gasteiger charge is -2.29.